The van der Waals surface area contributed by atoms with Crippen LogP contribution in [0.4, 0.5) is 0 Å². The Balaban J connectivity index is 2.38. The first kappa shape index (κ1) is 11.5. The Morgan fingerprint density at radius 3 is 2.64 bits per heavy atom. The summed E-state index contributed by atoms with van der Waals surface area (Å²) in [6, 6.07) is -0.145. The third kappa shape index (κ3) is 2.96. The van der Waals surface area contributed by atoms with Gasteiger partial charge in [-0.1, -0.05) is 12.8 Å². The lowest BCUT2D eigenvalue weighted by atomic mass is 9.92. The van der Waals surface area contributed by atoms with E-state index in [-0.39, 0.29) is 24.1 Å². The number of carbonyl (C=O) groups excluding carboxylic acids is 1. The molecule has 3 N–H and O–H groups in total. The van der Waals surface area contributed by atoms with E-state index < -0.39 is 0 Å². The SMILES string of the molecule is CNC(=O)C(C)NC1CCCCC1O. The normalized spacial score (nSPS) is 29.6. The summed E-state index contributed by atoms with van der Waals surface area (Å²) in [6.07, 6.45) is 3.74. The van der Waals surface area contributed by atoms with E-state index in [2.05, 4.69) is 10.6 Å². The van der Waals surface area contributed by atoms with Crippen LogP contribution in [-0.4, -0.2) is 36.2 Å². The van der Waals surface area contributed by atoms with Crippen molar-refractivity contribution in [2.24, 2.45) is 0 Å². The van der Waals surface area contributed by atoms with Crippen LogP contribution in [0.15, 0.2) is 0 Å². The van der Waals surface area contributed by atoms with Crippen LogP contribution in [0.5, 0.6) is 0 Å². The number of carbonyl (C=O) groups is 1. The van der Waals surface area contributed by atoms with Crippen LogP contribution in [0.2, 0.25) is 0 Å². The summed E-state index contributed by atoms with van der Waals surface area (Å²) in [4.78, 5) is 11.2. The number of likely N-dealkylation sites (N-methyl/N-ethyl adjacent to an activating group) is 1. The molecule has 1 fully saturated rings. The average molecular weight is 200 g/mol. The van der Waals surface area contributed by atoms with E-state index in [0.717, 1.165) is 25.7 Å². The van der Waals surface area contributed by atoms with Gasteiger partial charge in [0.2, 0.25) is 5.91 Å². The van der Waals surface area contributed by atoms with Crippen molar-refractivity contribution in [3.8, 4) is 0 Å². The molecule has 82 valence electrons. The molecule has 0 aromatic carbocycles. The number of aliphatic hydroxyl groups is 1. The topological polar surface area (TPSA) is 61.4 Å². The highest BCUT2D eigenvalue weighted by molar-refractivity contribution is 5.80. The molecule has 1 saturated carbocycles. The molecule has 3 atom stereocenters. The van der Waals surface area contributed by atoms with Crippen molar-refractivity contribution in [1.82, 2.24) is 10.6 Å². The number of aliphatic hydroxyl groups excluding tert-OH is 1. The monoisotopic (exact) mass is 200 g/mol. The van der Waals surface area contributed by atoms with Gasteiger partial charge in [0.15, 0.2) is 0 Å². The molecule has 1 amide bonds. The third-order valence-corrected chi connectivity index (χ3v) is 2.83. The van der Waals surface area contributed by atoms with Gasteiger partial charge in [0.05, 0.1) is 12.1 Å². The molecule has 0 saturated heterocycles. The average Bonchev–Trinajstić information content (AvgIpc) is 2.20. The van der Waals surface area contributed by atoms with Gasteiger partial charge in [-0.2, -0.15) is 0 Å². The van der Waals surface area contributed by atoms with Crippen molar-refractivity contribution in [1.29, 1.82) is 0 Å². The second-order valence-corrected chi connectivity index (χ2v) is 3.96. The van der Waals surface area contributed by atoms with E-state index in [1.54, 1.807) is 7.05 Å². The molecule has 0 bridgehead atoms. The molecular formula is C10H20N2O2. The molecule has 0 aromatic rings. The molecule has 0 heterocycles. The quantitative estimate of drug-likeness (QED) is 0.601. The van der Waals surface area contributed by atoms with Gasteiger partial charge in [-0.25, -0.2) is 0 Å². The maximum absolute atomic E-state index is 11.2. The van der Waals surface area contributed by atoms with Crippen LogP contribution >= 0.6 is 0 Å². The number of hydrogen-bond acceptors (Lipinski definition) is 3. The largest absolute Gasteiger partial charge is 0.392 e. The van der Waals surface area contributed by atoms with E-state index >= 15 is 0 Å². The number of hydrogen-bond donors (Lipinski definition) is 3. The molecule has 4 nitrogen and oxygen atoms in total. The molecule has 3 unspecified atom stereocenters. The van der Waals surface area contributed by atoms with Crippen molar-refractivity contribution in [2.75, 3.05) is 7.05 Å². The smallest absolute Gasteiger partial charge is 0.236 e. The Kier molecular flexibility index (Phi) is 4.35. The molecule has 1 aliphatic carbocycles. The predicted molar refractivity (Wildman–Crippen MR) is 54.9 cm³/mol. The summed E-state index contributed by atoms with van der Waals surface area (Å²) in [5.74, 6) is -0.0252. The minimum Gasteiger partial charge on any atom is -0.392 e. The van der Waals surface area contributed by atoms with Crippen molar-refractivity contribution in [3.63, 3.8) is 0 Å². The lowest BCUT2D eigenvalue weighted by molar-refractivity contribution is -0.122. The lowest BCUT2D eigenvalue weighted by Gasteiger charge is -2.30. The van der Waals surface area contributed by atoms with Gasteiger partial charge in [0.1, 0.15) is 0 Å². The molecule has 14 heavy (non-hydrogen) atoms. The van der Waals surface area contributed by atoms with Crippen LogP contribution in [0.1, 0.15) is 32.6 Å². The van der Waals surface area contributed by atoms with E-state index in [0.29, 0.717) is 0 Å². The summed E-state index contributed by atoms with van der Waals surface area (Å²) in [6.45, 7) is 1.82. The Morgan fingerprint density at radius 2 is 2.07 bits per heavy atom. The Bertz CT molecular complexity index is 197. The van der Waals surface area contributed by atoms with Gasteiger partial charge in [-0.15, -0.1) is 0 Å². The fourth-order valence-corrected chi connectivity index (χ4v) is 1.92. The first-order valence-corrected chi connectivity index (χ1v) is 5.31. The Morgan fingerprint density at radius 1 is 1.43 bits per heavy atom. The van der Waals surface area contributed by atoms with Crippen molar-refractivity contribution >= 4 is 5.91 Å². The highest BCUT2D eigenvalue weighted by Gasteiger charge is 2.25. The van der Waals surface area contributed by atoms with Gasteiger partial charge >= 0.3 is 0 Å². The lowest BCUT2D eigenvalue weighted by Crippen LogP contribution is -2.51. The maximum Gasteiger partial charge on any atom is 0.236 e. The first-order chi connectivity index (χ1) is 6.65. The number of amides is 1. The van der Waals surface area contributed by atoms with Crippen molar-refractivity contribution in [3.05, 3.63) is 0 Å². The fraction of sp³-hybridized carbons (Fsp3) is 0.900. The zero-order valence-corrected chi connectivity index (χ0v) is 8.92. The molecular weight excluding hydrogens is 180 g/mol. The fourth-order valence-electron chi connectivity index (χ4n) is 1.92. The second kappa shape index (κ2) is 5.32. The van der Waals surface area contributed by atoms with Crippen LogP contribution in [0, 0.1) is 0 Å². The van der Waals surface area contributed by atoms with Gasteiger partial charge in [0, 0.05) is 13.1 Å². The Labute approximate surface area is 85.1 Å². The van der Waals surface area contributed by atoms with E-state index in [1.807, 2.05) is 6.92 Å². The summed E-state index contributed by atoms with van der Waals surface area (Å²) in [5, 5.41) is 15.4. The van der Waals surface area contributed by atoms with E-state index in [9.17, 15) is 9.90 Å². The zero-order valence-electron chi connectivity index (χ0n) is 8.92. The summed E-state index contributed by atoms with van der Waals surface area (Å²) >= 11 is 0. The molecule has 1 aliphatic rings. The van der Waals surface area contributed by atoms with Crippen molar-refractivity contribution in [2.45, 2.75) is 50.8 Å². The second-order valence-electron chi connectivity index (χ2n) is 3.96. The third-order valence-electron chi connectivity index (χ3n) is 2.83. The molecule has 0 aliphatic heterocycles. The Hall–Kier alpha value is -0.610. The molecule has 0 aromatic heterocycles. The highest BCUT2D eigenvalue weighted by atomic mass is 16.3. The molecule has 4 heteroatoms. The minimum atomic E-state index is -0.296. The summed E-state index contributed by atoms with van der Waals surface area (Å²) in [5.41, 5.74) is 0. The number of nitrogens with one attached hydrogen (secondary N) is 2. The highest BCUT2D eigenvalue weighted by Crippen LogP contribution is 2.18. The van der Waals surface area contributed by atoms with Crippen LogP contribution in [0.25, 0.3) is 0 Å². The minimum absolute atomic E-state index is 0.0252. The molecule has 1 rings (SSSR count). The number of rotatable bonds is 3. The van der Waals surface area contributed by atoms with Gasteiger partial charge < -0.3 is 15.7 Å². The van der Waals surface area contributed by atoms with E-state index in [1.165, 1.54) is 0 Å². The predicted octanol–water partition coefficient (Wildman–Crippen LogP) is 0.0140. The summed E-state index contributed by atoms with van der Waals surface area (Å²) < 4.78 is 0. The van der Waals surface area contributed by atoms with E-state index in [4.69, 9.17) is 0 Å². The van der Waals surface area contributed by atoms with Gasteiger partial charge in [-0.05, 0) is 19.8 Å². The van der Waals surface area contributed by atoms with Crippen LogP contribution < -0.4 is 10.6 Å². The standard InChI is InChI=1S/C10H20N2O2/c1-7(10(14)11-2)12-8-5-3-4-6-9(8)13/h7-9,12-13H,3-6H2,1-2H3,(H,11,14). The molecule has 0 radical (unpaired) electrons. The van der Waals surface area contributed by atoms with Crippen LogP contribution in [-0.2, 0) is 4.79 Å². The zero-order chi connectivity index (χ0) is 10.6. The molecule has 0 spiro atoms. The van der Waals surface area contributed by atoms with Gasteiger partial charge in [-0.3, -0.25) is 4.79 Å². The van der Waals surface area contributed by atoms with Crippen molar-refractivity contribution < 1.29 is 9.90 Å². The maximum atomic E-state index is 11.2. The van der Waals surface area contributed by atoms with Crippen LogP contribution in [0.3, 0.4) is 0 Å². The van der Waals surface area contributed by atoms with Gasteiger partial charge in [0.25, 0.3) is 0 Å². The first-order valence-electron chi connectivity index (χ1n) is 5.31. The summed E-state index contributed by atoms with van der Waals surface area (Å²) in [7, 11) is 1.62.